The number of allylic oxidation sites excluding steroid dienone is 2. The fourth-order valence-corrected chi connectivity index (χ4v) is 4.12. The van der Waals surface area contributed by atoms with Gasteiger partial charge < -0.3 is 5.11 Å². The van der Waals surface area contributed by atoms with Gasteiger partial charge in [0.25, 0.3) is 0 Å². The number of anilines is 1. The van der Waals surface area contributed by atoms with E-state index in [1.807, 2.05) is 0 Å². The number of nitrogens with one attached hydrogen (secondary N) is 1. The maximum Gasteiger partial charge on any atom is 0.357 e. The Hall–Kier alpha value is -1.31. The van der Waals surface area contributed by atoms with Gasteiger partial charge in [-0.25, -0.2) is 0 Å². The average Bonchev–Trinajstić information content (AvgIpc) is 2.49. The summed E-state index contributed by atoms with van der Waals surface area (Å²) >= 11 is 9.92. The van der Waals surface area contributed by atoms with Crippen LogP contribution < -0.4 is 5.43 Å². The molecule has 1 unspecified atom stereocenters. The number of aliphatic hydroxyl groups is 1. The van der Waals surface area contributed by atoms with Crippen LogP contribution in [0, 0.1) is 11.3 Å². The Labute approximate surface area is 165 Å². The standard InChI is InChI=1S/C18H20Cl2F4N2O/c1-11-9-13(26-25-12-7-5-4-6-8-12)14(15(2,3)10-11)16(27,17(19,21)22)18(20,23)24/h4-9,14,25,27H,10H2,1-3H3. The third-order valence-electron chi connectivity index (χ3n) is 4.58. The molecule has 0 radical (unpaired) electrons. The van der Waals surface area contributed by atoms with Crippen LogP contribution in [0.25, 0.3) is 0 Å². The highest BCUT2D eigenvalue weighted by atomic mass is 35.5. The van der Waals surface area contributed by atoms with Crippen molar-refractivity contribution in [2.75, 3.05) is 5.43 Å². The first-order valence-electron chi connectivity index (χ1n) is 8.12. The molecule has 150 valence electrons. The second-order valence-electron chi connectivity index (χ2n) is 7.37. The summed E-state index contributed by atoms with van der Waals surface area (Å²) in [6.07, 6.45) is 1.55. The minimum absolute atomic E-state index is 0.171. The number of hydrogen-bond acceptors (Lipinski definition) is 3. The van der Waals surface area contributed by atoms with Gasteiger partial charge in [-0.3, -0.25) is 5.43 Å². The molecule has 0 fully saturated rings. The van der Waals surface area contributed by atoms with E-state index in [4.69, 9.17) is 23.2 Å². The highest BCUT2D eigenvalue weighted by Gasteiger charge is 2.73. The number of rotatable bonds is 5. The molecule has 1 aliphatic rings. The summed E-state index contributed by atoms with van der Waals surface area (Å²) in [4.78, 5) is 0. The first-order valence-corrected chi connectivity index (χ1v) is 8.87. The van der Waals surface area contributed by atoms with Crippen LogP contribution in [-0.4, -0.2) is 27.2 Å². The number of nitrogens with zero attached hydrogens (tertiary/aromatic N) is 1. The van der Waals surface area contributed by atoms with E-state index in [1.54, 1.807) is 37.3 Å². The molecule has 0 bridgehead atoms. The van der Waals surface area contributed by atoms with Crippen molar-refractivity contribution in [3.8, 4) is 0 Å². The molecule has 1 atom stereocenters. The number of benzene rings is 1. The number of para-hydroxylation sites is 1. The van der Waals surface area contributed by atoms with Crippen LogP contribution in [0.5, 0.6) is 0 Å². The fraction of sp³-hybridized carbons (Fsp3) is 0.500. The summed E-state index contributed by atoms with van der Waals surface area (Å²) in [5.74, 6) is -1.86. The molecular formula is C18H20Cl2F4N2O. The first-order chi connectivity index (χ1) is 12.2. The van der Waals surface area contributed by atoms with Crippen molar-refractivity contribution in [3.05, 3.63) is 42.0 Å². The predicted molar refractivity (Wildman–Crippen MR) is 99.7 cm³/mol. The predicted octanol–water partition coefficient (Wildman–Crippen LogP) is 5.84. The van der Waals surface area contributed by atoms with E-state index >= 15 is 0 Å². The van der Waals surface area contributed by atoms with Gasteiger partial charge >= 0.3 is 10.8 Å². The second-order valence-corrected chi connectivity index (χ2v) is 8.31. The van der Waals surface area contributed by atoms with Crippen molar-refractivity contribution in [2.45, 2.75) is 43.6 Å². The number of halogens is 6. The molecule has 1 aromatic carbocycles. The molecule has 0 amide bonds. The van der Waals surface area contributed by atoms with Crippen LogP contribution in [0.3, 0.4) is 0 Å². The Bertz CT molecular complexity index is 726. The quantitative estimate of drug-likeness (QED) is 0.352. The van der Waals surface area contributed by atoms with Gasteiger partial charge in [0, 0.05) is 0 Å². The zero-order chi connectivity index (χ0) is 20.7. The normalized spacial score (nSPS) is 22.5. The fourth-order valence-electron chi connectivity index (χ4n) is 3.61. The molecule has 9 heteroatoms. The summed E-state index contributed by atoms with van der Waals surface area (Å²) in [7, 11) is 0. The minimum Gasteiger partial charge on any atom is -0.376 e. The lowest BCUT2D eigenvalue weighted by atomic mass is 9.61. The van der Waals surface area contributed by atoms with Crippen molar-refractivity contribution in [1.29, 1.82) is 0 Å². The van der Waals surface area contributed by atoms with E-state index in [2.05, 4.69) is 10.5 Å². The first kappa shape index (κ1) is 22.0. The van der Waals surface area contributed by atoms with Crippen molar-refractivity contribution in [1.82, 2.24) is 0 Å². The maximum atomic E-state index is 14.1. The van der Waals surface area contributed by atoms with Crippen LogP contribution >= 0.6 is 23.2 Å². The molecule has 0 saturated carbocycles. The Balaban J connectivity index is 2.63. The van der Waals surface area contributed by atoms with Crippen molar-refractivity contribution in [2.24, 2.45) is 16.4 Å². The largest absolute Gasteiger partial charge is 0.376 e. The molecule has 0 spiro atoms. The molecular weight excluding hydrogens is 407 g/mol. The molecule has 0 aromatic heterocycles. The van der Waals surface area contributed by atoms with E-state index in [0.29, 0.717) is 5.69 Å². The number of hydrogen-bond donors (Lipinski definition) is 2. The van der Waals surface area contributed by atoms with Gasteiger partial charge in [-0.15, -0.1) is 0 Å². The topological polar surface area (TPSA) is 44.6 Å². The van der Waals surface area contributed by atoms with E-state index in [-0.39, 0.29) is 12.1 Å². The Kier molecular flexibility index (Phi) is 5.91. The zero-order valence-corrected chi connectivity index (χ0v) is 16.4. The summed E-state index contributed by atoms with van der Waals surface area (Å²) in [6, 6.07) is 8.49. The maximum absolute atomic E-state index is 14.1. The van der Waals surface area contributed by atoms with Gasteiger partial charge in [0.05, 0.1) is 17.3 Å². The molecule has 3 nitrogen and oxygen atoms in total. The van der Waals surface area contributed by atoms with E-state index in [1.165, 1.54) is 19.9 Å². The molecule has 1 aliphatic carbocycles. The van der Waals surface area contributed by atoms with Crippen molar-refractivity contribution < 1.29 is 22.7 Å². The molecule has 2 N–H and O–H groups in total. The molecule has 1 aromatic rings. The summed E-state index contributed by atoms with van der Waals surface area (Å²) in [6.45, 7) is 4.66. The van der Waals surface area contributed by atoms with Crippen LogP contribution in [0.4, 0.5) is 23.2 Å². The van der Waals surface area contributed by atoms with E-state index in [9.17, 15) is 22.7 Å². The van der Waals surface area contributed by atoms with Gasteiger partial charge in [0.1, 0.15) is 0 Å². The summed E-state index contributed by atoms with van der Waals surface area (Å²) < 4.78 is 56.3. The number of alkyl halides is 6. The van der Waals surface area contributed by atoms with Gasteiger partial charge in [-0.2, -0.15) is 22.7 Å². The van der Waals surface area contributed by atoms with Crippen LogP contribution in [0.2, 0.25) is 0 Å². The molecule has 0 heterocycles. The minimum atomic E-state index is -4.72. The Morgan fingerprint density at radius 1 is 1.11 bits per heavy atom. The lowest BCUT2D eigenvalue weighted by Crippen LogP contribution is -2.66. The van der Waals surface area contributed by atoms with Gasteiger partial charge in [-0.1, -0.05) is 37.6 Å². The SMILES string of the molecule is CC1=CC(=NNc2ccccc2)C(C(O)(C(F)(F)Cl)C(F)(F)Cl)C(C)(C)C1. The lowest BCUT2D eigenvalue weighted by molar-refractivity contribution is -0.246. The van der Waals surface area contributed by atoms with E-state index in [0.717, 1.165) is 5.57 Å². The summed E-state index contributed by atoms with van der Waals surface area (Å²) in [5, 5.41) is 5.09. The van der Waals surface area contributed by atoms with Crippen molar-refractivity contribution >= 4 is 34.6 Å². The third-order valence-corrected chi connectivity index (χ3v) is 5.15. The van der Waals surface area contributed by atoms with Gasteiger partial charge in [-0.05, 0) is 60.2 Å². The van der Waals surface area contributed by atoms with Crippen LogP contribution in [0.1, 0.15) is 27.2 Å². The monoisotopic (exact) mass is 426 g/mol. The molecule has 2 rings (SSSR count). The highest BCUT2D eigenvalue weighted by molar-refractivity contribution is 6.27. The zero-order valence-electron chi connectivity index (χ0n) is 14.9. The van der Waals surface area contributed by atoms with Gasteiger partial charge in [0.2, 0.25) is 5.60 Å². The molecule has 27 heavy (non-hydrogen) atoms. The lowest BCUT2D eigenvalue weighted by Gasteiger charge is -2.49. The molecule has 0 saturated heterocycles. The van der Waals surface area contributed by atoms with E-state index < -0.39 is 27.7 Å². The molecule has 0 aliphatic heterocycles. The summed E-state index contributed by atoms with van der Waals surface area (Å²) in [5.41, 5.74) is -1.63. The third kappa shape index (κ3) is 4.25. The highest BCUT2D eigenvalue weighted by Crippen LogP contribution is 2.57. The van der Waals surface area contributed by atoms with Crippen LogP contribution in [0.15, 0.2) is 47.1 Å². The smallest absolute Gasteiger partial charge is 0.357 e. The Morgan fingerprint density at radius 2 is 1.63 bits per heavy atom. The Morgan fingerprint density at radius 3 is 2.11 bits per heavy atom. The average molecular weight is 427 g/mol. The number of hydrazone groups is 1. The van der Waals surface area contributed by atoms with Crippen LogP contribution in [-0.2, 0) is 0 Å². The van der Waals surface area contributed by atoms with Gasteiger partial charge in [0.15, 0.2) is 0 Å². The van der Waals surface area contributed by atoms with Crippen molar-refractivity contribution in [3.63, 3.8) is 0 Å². The second kappa shape index (κ2) is 7.26.